The third-order valence-corrected chi connectivity index (χ3v) is 6.93. The molecule has 0 aromatic heterocycles. The van der Waals surface area contributed by atoms with Gasteiger partial charge in [0.05, 0.1) is 6.10 Å². The predicted octanol–water partition coefficient (Wildman–Crippen LogP) is 3.86. The normalized spacial score (nSPS) is 44.8. The molecule has 6 atom stereocenters. The van der Waals surface area contributed by atoms with E-state index in [1.807, 2.05) is 12.1 Å². The van der Waals surface area contributed by atoms with Crippen LogP contribution in [0.15, 0.2) is 18.2 Å². The second-order valence-corrected chi connectivity index (χ2v) is 8.04. The molecule has 0 aliphatic heterocycles. The highest BCUT2D eigenvalue weighted by molar-refractivity contribution is 5.40. The summed E-state index contributed by atoms with van der Waals surface area (Å²) in [6.07, 6.45) is 5.67. The maximum atomic E-state index is 10.4. The molecule has 0 unspecified atom stereocenters. The van der Waals surface area contributed by atoms with E-state index in [-0.39, 0.29) is 6.10 Å². The van der Waals surface area contributed by atoms with E-state index >= 15 is 0 Å². The number of phenolic OH excluding ortho intramolecular Hbond substituents is 1. The molecule has 4 rings (SSSR count). The molecule has 21 heavy (non-hydrogen) atoms. The minimum absolute atomic E-state index is 0.111. The molecule has 1 aromatic carbocycles. The van der Waals surface area contributed by atoms with Crippen molar-refractivity contribution >= 4 is 0 Å². The third kappa shape index (κ3) is 1.88. The Morgan fingerprint density at radius 2 is 2.05 bits per heavy atom. The predicted molar refractivity (Wildman–Crippen MR) is 83.3 cm³/mol. The van der Waals surface area contributed by atoms with Gasteiger partial charge in [0.15, 0.2) is 0 Å². The van der Waals surface area contributed by atoms with Crippen LogP contribution in [0.4, 0.5) is 0 Å². The molecule has 0 bridgehead atoms. The minimum atomic E-state index is -0.111. The van der Waals surface area contributed by atoms with Crippen LogP contribution in [0.1, 0.15) is 56.6 Å². The van der Waals surface area contributed by atoms with Crippen LogP contribution in [-0.4, -0.2) is 16.3 Å². The molecule has 3 aliphatic carbocycles. The lowest BCUT2D eigenvalue weighted by atomic mass is 9.54. The van der Waals surface area contributed by atoms with Crippen molar-refractivity contribution in [3.63, 3.8) is 0 Å². The number of hydrogen-bond donors (Lipinski definition) is 2. The van der Waals surface area contributed by atoms with E-state index in [4.69, 9.17) is 0 Å². The van der Waals surface area contributed by atoms with E-state index in [1.165, 1.54) is 30.4 Å². The molecule has 2 nitrogen and oxygen atoms in total. The molecule has 0 spiro atoms. The molecule has 0 amide bonds. The van der Waals surface area contributed by atoms with Gasteiger partial charge < -0.3 is 10.2 Å². The molecular weight excluding hydrogens is 260 g/mol. The Hall–Kier alpha value is -1.02. The molecular formula is C19H26O2. The van der Waals surface area contributed by atoms with Crippen molar-refractivity contribution in [3.05, 3.63) is 29.3 Å². The van der Waals surface area contributed by atoms with Crippen molar-refractivity contribution in [1.29, 1.82) is 0 Å². The Labute approximate surface area is 127 Å². The number of aryl methyl sites for hydroxylation is 1. The van der Waals surface area contributed by atoms with E-state index < -0.39 is 0 Å². The van der Waals surface area contributed by atoms with Crippen LogP contribution in [0.3, 0.4) is 0 Å². The second kappa shape index (κ2) is 4.49. The van der Waals surface area contributed by atoms with Crippen molar-refractivity contribution in [2.45, 2.75) is 58.0 Å². The van der Waals surface area contributed by atoms with Gasteiger partial charge in [0.1, 0.15) is 5.75 Å². The van der Waals surface area contributed by atoms with Gasteiger partial charge in [-0.3, -0.25) is 0 Å². The van der Waals surface area contributed by atoms with Gasteiger partial charge in [0.2, 0.25) is 0 Å². The Morgan fingerprint density at radius 1 is 1.24 bits per heavy atom. The summed E-state index contributed by atoms with van der Waals surface area (Å²) in [6, 6.07) is 5.97. The first-order valence-corrected chi connectivity index (χ1v) is 8.49. The minimum Gasteiger partial charge on any atom is -0.508 e. The number of phenols is 1. The summed E-state index contributed by atoms with van der Waals surface area (Å²) in [6.45, 7) is 4.67. The van der Waals surface area contributed by atoms with Crippen molar-refractivity contribution < 1.29 is 10.2 Å². The largest absolute Gasteiger partial charge is 0.508 e. The van der Waals surface area contributed by atoms with Gasteiger partial charge in [-0.05, 0) is 84.5 Å². The molecule has 0 saturated heterocycles. The summed E-state index contributed by atoms with van der Waals surface area (Å²) in [7, 11) is 0. The quantitative estimate of drug-likeness (QED) is 0.760. The van der Waals surface area contributed by atoms with Crippen molar-refractivity contribution in [1.82, 2.24) is 0 Å². The lowest BCUT2D eigenvalue weighted by Gasteiger charge is -2.50. The lowest BCUT2D eigenvalue weighted by molar-refractivity contribution is 0.0353. The summed E-state index contributed by atoms with van der Waals surface area (Å²) < 4.78 is 0. The number of aliphatic hydroxyl groups excluding tert-OH is 1. The Bertz CT molecular complexity index is 567. The number of benzene rings is 1. The summed E-state index contributed by atoms with van der Waals surface area (Å²) in [5.41, 5.74) is 3.17. The highest BCUT2D eigenvalue weighted by Gasteiger charge is 2.56. The van der Waals surface area contributed by atoms with Crippen molar-refractivity contribution in [2.24, 2.45) is 23.2 Å². The van der Waals surface area contributed by atoms with Crippen LogP contribution < -0.4 is 0 Å². The molecule has 114 valence electrons. The lowest BCUT2D eigenvalue weighted by Crippen LogP contribution is -2.41. The molecule has 3 aliphatic rings. The van der Waals surface area contributed by atoms with Crippen LogP contribution in [-0.2, 0) is 6.42 Å². The van der Waals surface area contributed by atoms with Gasteiger partial charge >= 0.3 is 0 Å². The maximum absolute atomic E-state index is 10.4. The summed E-state index contributed by atoms with van der Waals surface area (Å²) in [5.74, 6) is 2.85. The molecule has 2 heteroatoms. The first-order chi connectivity index (χ1) is 9.99. The summed E-state index contributed by atoms with van der Waals surface area (Å²) >= 11 is 0. The second-order valence-electron chi connectivity index (χ2n) is 8.04. The van der Waals surface area contributed by atoms with E-state index in [0.29, 0.717) is 34.8 Å². The molecule has 2 fully saturated rings. The van der Waals surface area contributed by atoms with Crippen LogP contribution in [0.25, 0.3) is 0 Å². The Morgan fingerprint density at radius 3 is 2.86 bits per heavy atom. The standard InChI is InChI=1S/C19H26O2/c1-11-17(21)10-19(2)8-7-15-14-6-4-13(20)9-12(14)3-5-16(15)18(11)19/h4,6,9,11,15-18,20-21H,3,5,7-8,10H2,1-2H3/t11-,15+,16+,17-,18-,19+/m0/s1. The Balaban J connectivity index is 1.73. The third-order valence-electron chi connectivity index (χ3n) is 6.93. The molecule has 2 N–H and O–H groups in total. The average molecular weight is 286 g/mol. The van der Waals surface area contributed by atoms with Crippen LogP contribution >= 0.6 is 0 Å². The molecule has 0 heterocycles. The molecule has 1 aromatic rings. The van der Waals surface area contributed by atoms with Gasteiger partial charge in [0, 0.05) is 0 Å². The number of aliphatic hydroxyl groups is 1. The number of rotatable bonds is 0. The van der Waals surface area contributed by atoms with Crippen molar-refractivity contribution in [3.8, 4) is 5.75 Å². The summed E-state index contributed by atoms with van der Waals surface area (Å²) in [4.78, 5) is 0. The smallest absolute Gasteiger partial charge is 0.115 e. The first-order valence-electron chi connectivity index (χ1n) is 8.49. The average Bonchev–Trinajstić information content (AvgIpc) is 2.68. The first kappa shape index (κ1) is 13.6. The fourth-order valence-corrected chi connectivity index (χ4v) is 6.06. The van der Waals surface area contributed by atoms with E-state index in [1.54, 1.807) is 0 Å². The maximum Gasteiger partial charge on any atom is 0.115 e. The van der Waals surface area contributed by atoms with Gasteiger partial charge in [-0.25, -0.2) is 0 Å². The zero-order chi connectivity index (χ0) is 14.8. The summed E-state index contributed by atoms with van der Waals surface area (Å²) in [5, 5.41) is 20.1. The monoisotopic (exact) mass is 286 g/mol. The SMILES string of the molecule is C[C@@H]1[C@H]2[C@@H]3CCc4cc(O)ccc4[C@H]3CC[C@]2(C)C[C@@H]1O. The fourth-order valence-electron chi connectivity index (χ4n) is 6.06. The van der Waals surface area contributed by atoms with Gasteiger partial charge in [-0.15, -0.1) is 0 Å². The van der Waals surface area contributed by atoms with Gasteiger partial charge in [-0.2, -0.15) is 0 Å². The highest BCUT2D eigenvalue weighted by atomic mass is 16.3. The zero-order valence-electron chi connectivity index (χ0n) is 13.0. The van der Waals surface area contributed by atoms with Crippen LogP contribution in [0.2, 0.25) is 0 Å². The highest BCUT2D eigenvalue weighted by Crippen LogP contribution is 2.62. The molecule has 2 saturated carbocycles. The van der Waals surface area contributed by atoms with Gasteiger partial charge in [0.25, 0.3) is 0 Å². The van der Waals surface area contributed by atoms with E-state index in [9.17, 15) is 10.2 Å². The van der Waals surface area contributed by atoms with Crippen LogP contribution in [0, 0.1) is 23.2 Å². The van der Waals surface area contributed by atoms with E-state index in [0.717, 1.165) is 12.8 Å². The van der Waals surface area contributed by atoms with Crippen LogP contribution in [0.5, 0.6) is 5.75 Å². The number of aromatic hydroxyl groups is 1. The van der Waals surface area contributed by atoms with Gasteiger partial charge in [-0.1, -0.05) is 19.9 Å². The topological polar surface area (TPSA) is 40.5 Å². The van der Waals surface area contributed by atoms with E-state index in [2.05, 4.69) is 19.9 Å². The number of hydrogen-bond acceptors (Lipinski definition) is 2. The fraction of sp³-hybridized carbons (Fsp3) is 0.684. The zero-order valence-corrected chi connectivity index (χ0v) is 13.0. The number of fused-ring (bicyclic) bond motifs is 5. The molecule has 0 radical (unpaired) electrons. The van der Waals surface area contributed by atoms with Crippen molar-refractivity contribution in [2.75, 3.05) is 0 Å². The Kier molecular flexibility index (Phi) is 2.91.